The van der Waals surface area contributed by atoms with Crippen LogP contribution in [0, 0.1) is 13.8 Å². The van der Waals surface area contributed by atoms with Crippen LogP contribution in [0.15, 0.2) is 48.7 Å². The minimum absolute atomic E-state index is 0.0586. The molecule has 0 bridgehead atoms. The van der Waals surface area contributed by atoms with Crippen LogP contribution in [-0.2, 0) is 17.6 Å². The number of benzene rings is 1. The quantitative estimate of drug-likeness (QED) is 0.654. The molecule has 0 atom stereocenters. The molecule has 28 heavy (non-hydrogen) atoms. The summed E-state index contributed by atoms with van der Waals surface area (Å²) in [7, 11) is 1.64. The van der Waals surface area contributed by atoms with Crippen molar-refractivity contribution in [3.8, 4) is 11.6 Å². The van der Waals surface area contributed by atoms with Gasteiger partial charge in [0.15, 0.2) is 5.82 Å². The number of hydrogen-bond acceptors (Lipinski definition) is 4. The number of carbonyl (C=O) groups excluding carboxylic acids is 1. The number of aromatic nitrogens is 3. The normalized spacial score (nSPS) is 10.7. The van der Waals surface area contributed by atoms with Crippen LogP contribution < -0.4 is 10.1 Å². The van der Waals surface area contributed by atoms with Crippen LogP contribution in [0.4, 0.5) is 0 Å². The second kappa shape index (κ2) is 9.17. The molecule has 0 saturated heterocycles. The minimum Gasteiger partial charge on any atom is -0.497 e. The van der Waals surface area contributed by atoms with E-state index in [0.717, 1.165) is 40.5 Å². The molecule has 6 heteroatoms. The number of nitrogens with one attached hydrogen (secondary N) is 1. The molecule has 146 valence electrons. The molecule has 6 nitrogen and oxygen atoms in total. The molecular formula is C22H26N4O2. The Balaban J connectivity index is 1.50. The van der Waals surface area contributed by atoms with Gasteiger partial charge in [0.25, 0.3) is 0 Å². The molecule has 0 aliphatic rings. The number of carbonyl (C=O) groups is 1. The van der Waals surface area contributed by atoms with Gasteiger partial charge >= 0.3 is 0 Å². The highest BCUT2D eigenvalue weighted by Crippen LogP contribution is 2.17. The average Bonchev–Trinajstić information content (AvgIpc) is 3.01. The number of hydrogen-bond donors (Lipinski definition) is 1. The summed E-state index contributed by atoms with van der Waals surface area (Å²) in [4.78, 5) is 16.5. The molecule has 0 fully saturated rings. The smallest absolute Gasteiger partial charge is 0.220 e. The van der Waals surface area contributed by atoms with E-state index in [2.05, 4.69) is 15.4 Å². The molecule has 0 aliphatic heterocycles. The van der Waals surface area contributed by atoms with Gasteiger partial charge in [-0.25, -0.2) is 9.67 Å². The standard InChI is InChI=1S/C22H26N4O2/c1-16-20(17(2)26(25-16)21-6-4-5-14-23-21)13-15-24-22(27)12-9-18-7-10-19(28-3)11-8-18/h4-8,10-11,14H,9,12-13,15H2,1-3H3,(H,24,27). The third kappa shape index (κ3) is 4.76. The van der Waals surface area contributed by atoms with E-state index in [1.54, 1.807) is 13.3 Å². The highest BCUT2D eigenvalue weighted by atomic mass is 16.5. The Labute approximate surface area is 165 Å². The van der Waals surface area contributed by atoms with E-state index in [1.165, 1.54) is 0 Å². The van der Waals surface area contributed by atoms with Crippen LogP contribution in [0.2, 0.25) is 0 Å². The predicted molar refractivity (Wildman–Crippen MR) is 109 cm³/mol. The van der Waals surface area contributed by atoms with Crippen LogP contribution in [0.25, 0.3) is 5.82 Å². The largest absolute Gasteiger partial charge is 0.497 e. The molecule has 3 rings (SSSR count). The Kier molecular flexibility index (Phi) is 6.42. The van der Waals surface area contributed by atoms with Crippen LogP contribution in [0.5, 0.6) is 5.75 Å². The van der Waals surface area contributed by atoms with Gasteiger partial charge in [-0.05, 0) is 62.1 Å². The van der Waals surface area contributed by atoms with E-state index in [-0.39, 0.29) is 5.91 Å². The molecule has 0 aliphatic carbocycles. The van der Waals surface area contributed by atoms with E-state index in [4.69, 9.17) is 4.74 Å². The number of rotatable bonds is 8. The number of methoxy groups -OCH3 is 1. The van der Waals surface area contributed by atoms with E-state index in [1.807, 2.05) is 61.0 Å². The molecule has 1 N–H and O–H groups in total. The SMILES string of the molecule is COc1ccc(CCC(=O)NCCc2c(C)nn(-c3ccccn3)c2C)cc1. The number of pyridine rings is 1. The molecule has 0 spiro atoms. The average molecular weight is 378 g/mol. The summed E-state index contributed by atoms with van der Waals surface area (Å²) in [5.74, 6) is 1.69. The van der Waals surface area contributed by atoms with Gasteiger partial charge in [-0.3, -0.25) is 4.79 Å². The highest BCUT2D eigenvalue weighted by molar-refractivity contribution is 5.76. The maximum absolute atomic E-state index is 12.2. The van der Waals surface area contributed by atoms with Crippen molar-refractivity contribution >= 4 is 5.91 Å². The Hall–Kier alpha value is -3.15. The summed E-state index contributed by atoms with van der Waals surface area (Å²) < 4.78 is 7.01. The van der Waals surface area contributed by atoms with Crippen LogP contribution in [0.3, 0.4) is 0 Å². The van der Waals surface area contributed by atoms with Gasteiger partial charge in [-0.1, -0.05) is 18.2 Å². The van der Waals surface area contributed by atoms with Gasteiger partial charge in [0.1, 0.15) is 5.75 Å². The fourth-order valence-electron chi connectivity index (χ4n) is 3.20. The first-order valence-corrected chi connectivity index (χ1v) is 9.44. The summed E-state index contributed by atoms with van der Waals surface area (Å²) in [6.07, 6.45) is 3.69. The third-order valence-corrected chi connectivity index (χ3v) is 4.80. The van der Waals surface area contributed by atoms with Crippen molar-refractivity contribution in [1.29, 1.82) is 0 Å². The van der Waals surface area contributed by atoms with Crippen molar-refractivity contribution in [1.82, 2.24) is 20.1 Å². The fraction of sp³-hybridized carbons (Fsp3) is 0.318. The van der Waals surface area contributed by atoms with E-state index < -0.39 is 0 Å². The number of aryl methyl sites for hydroxylation is 2. The number of ether oxygens (including phenoxy) is 1. The molecule has 0 saturated carbocycles. The first-order valence-electron chi connectivity index (χ1n) is 9.44. The van der Waals surface area contributed by atoms with Gasteiger partial charge < -0.3 is 10.1 Å². The van der Waals surface area contributed by atoms with Gasteiger partial charge in [-0.2, -0.15) is 5.10 Å². The Bertz CT molecular complexity index is 918. The van der Waals surface area contributed by atoms with Gasteiger partial charge in [0.2, 0.25) is 5.91 Å². The molecule has 1 aromatic carbocycles. The van der Waals surface area contributed by atoms with Crippen molar-refractivity contribution in [2.45, 2.75) is 33.1 Å². The lowest BCUT2D eigenvalue weighted by Gasteiger charge is -2.07. The second-order valence-electron chi connectivity index (χ2n) is 6.70. The highest BCUT2D eigenvalue weighted by Gasteiger charge is 2.13. The van der Waals surface area contributed by atoms with Crippen molar-refractivity contribution in [3.63, 3.8) is 0 Å². The van der Waals surface area contributed by atoms with Crippen LogP contribution >= 0.6 is 0 Å². The molecular weight excluding hydrogens is 352 g/mol. The minimum atomic E-state index is 0.0586. The third-order valence-electron chi connectivity index (χ3n) is 4.80. The van der Waals surface area contributed by atoms with Crippen molar-refractivity contribution in [2.24, 2.45) is 0 Å². The maximum Gasteiger partial charge on any atom is 0.220 e. The monoisotopic (exact) mass is 378 g/mol. The van der Waals surface area contributed by atoms with Crippen LogP contribution in [-0.4, -0.2) is 34.3 Å². The van der Waals surface area contributed by atoms with Crippen molar-refractivity contribution < 1.29 is 9.53 Å². The van der Waals surface area contributed by atoms with Gasteiger partial charge in [0.05, 0.1) is 12.8 Å². The molecule has 0 radical (unpaired) electrons. The molecule has 2 heterocycles. The zero-order valence-electron chi connectivity index (χ0n) is 16.6. The zero-order valence-corrected chi connectivity index (χ0v) is 16.6. The summed E-state index contributed by atoms with van der Waals surface area (Å²) >= 11 is 0. The van der Waals surface area contributed by atoms with Crippen LogP contribution in [0.1, 0.15) is 28.9 Å². The molecule has 0 unspecified atom stereocenters. The van der Waals surface area contributed by atoms with E-state index in [0.29, 0.717) is 19.4 Å². The van der Waals surface area contributed by atoms with Crippen molar-refractivity contribution in [3.05, 3.63) is 71.2 Å². The lowest BCUT2D eigenvalue weighted by Crippen LogP contribution is -2.26. The molecule has 1 amide bonds. The summed E-state index contributed by atoms with van der Waals surface area (Å²) in [5, 5.41) is 7.61. The Morgan fingerprint density at radius 1 is 1.11 bits per heavy atom. The predicted octanol–water partition coefficient (Wildman–Crippen LogP) is 3.18. The van der Waals surface area contributed by atoms with Crippen molar-refractivity contribution in [2.75, 3.05) is 13.7 Å². The maximum atomic E-state index is 12.2. The number of amides is 1. The van der Waals surface area contributed by atoms with Gasteiger partial charge in [-0.15, -0.1) is 0 Å². The Morgan fingerprint density at radius 3 is 2.57 bits per heavy atom. The summed E-state index contributed by atoms with van der Waals surface area (Å²) in [6.45, 7) is 4.62. The first-order chi connectivity index (χ1) is 13.6. The summed E-state index contributed by atoms with van der Waals surface area (Å²) in [6, 6.07) is 13.6. The number of nitrogens with zero attached hydrogens (tertiary/aromatic N) is 3. The first kappa shape index (κ1) is 19.6. The fourth-order valence-corrected chi connectivity index (χ4v) is 3.20. The summed E-state index contributed by atoms with van der Waals surface area (Å²) in [5.41, 5.74) is 4.31. The molecule has 2 aromatic heterocycles. The van der Waals surface area contributed by atoms with E-state index >= 15 is 0 Å². The lowest BCUT2D eigenvalue weighted by atomic mass is 10.1. The molecule has 3 aromatic rings. The zero-order chi connectivity index (χ0) is 19.9. The lowest BCUT2D eigenvalue weighted by molar-refractivity contribution is -0.121. The second-order valence-corrected chi connectivity index (χ2v) is 6.70. The van der Waals surface area contributed by atoms with E-state index in [9.17, 15) is 4.79 Å². The van der Waals surface area contributed by atoms with Gasteiger partial charge in [0, 0.05) is 24.9 Å². The topological polar surface area (TPSA) is 69.0 Å². The Morgan fingerprint density at radius 2 is 1.89 bits per heavy atom.